The first kappa shape index (κ1) is 9.98. The molecule has 78 valence electrons. The molecular formula is C12H20N2. The van der Waals surface area contributed by atoms with Crippen LogP contribution in [-0.2, 0) is 0 Å². The molecule has 0 atom stereocenters. The van der Waals surface area contributed by atoms with Gasteiger partial charge in [-0.1, -0.05) is 6.92 Å². The van der Waals surface area contributed by atoms with Gasteiger partial charge in [0.25, 0.3) is 0 Å². The van der Waals surface area contributed by atoms with Crippen molar-refractivity contribution in [2.24, 2.45) is 11.3 Å². The maximum atomic E-state index is 8.64. The minimum absolute atomic E-state index is 0.669. The van der Waals surface area contributed by atoms with Gasteiger partial charge in [-0.05, 0) is 43.6 Å². The Morgan fingerprint density at radius 3 is 2.50 bits per heavy atom. The number of rotatable bonds is 2. The van der Waals surface area contributed by atoms with Gasteiger partial charge in [0.05, 0.1) is 6.07 Å². The summed E-state index contributed by atoms with van der Waals surface area (Å²) in [6.07, 6.45) is 6.12. The monoisotopic (exact) mass is 192 g/mol. The summed E-state index contributed by atoms with van der Waals surface area (Å²) >= 11 is 0. The number of hydrogen-bond donors (Lipinski definition) is 0. The molecule has 0 aromatic rings. The molecule has 2 rings (SSSR count). The second kappa shape index (κ2) is 3.90. The van der Waals surface area contributed by atoms with E-state index in [0.717, 1.165) is 6.42 Å². The van der Waals surface area contributed by atoms with Gasteiger partial charge >= 0.3 is 0 Å². The molecule has 2 fully saturated rings. The van der Waals surface area contributed by atoms with E-state index in [2.05, 4.69) is 17.9 Å². The molecule has 0 bridgehead atoms. The average Bonchev–Trinajstić information content (AvgIpc) is 2.16. The van der Waals surface area contributed by atoms with Gasteiger partial charge in [0.15, 0.2) is 0 Å². The lowest BCUT2D eigenvalue weighted by Crippen LogP contribution is -2.57. The van der Waals surface area contributed by atoms with E-state index in [1.54, 1.807) is 0 Å². The lowest BCUT2D eigenvalue weighted by molar-refractivity contribution is -0.0340. The summed E-state index contributed by atoms with van der Waals surface area (Å²) < 4.78 is 0. The third-order valence-corrected chi connectivity index (χ3v) is 4.11. The average molecular weight is 192 g/mol. The van der Waals surface area contributed by atoms with E-state index >= 15 is 0 Å². The third kappa shape index (κ3) is 1.79. The van der Waals surface area contributed by atoms with Gasteiger partial charge in [-0.3, -0.25) is 0 Å². The second-order valence-electron chi connectivity index (χ2n) is 5.11. The molecule has 1 saturated carbocycles. The molecule has 2 aliphatic rings. The molecule has 0 amide bonds. The molecule has 0 N–H and O–H groups in total. The van der Waals surface area contributed by atoms with Gasteiger partial charge < -0.3 is 4.90 Å². The standard InChI is InChI=1S/C12H20N2/c1-2-14-9-12(10-14)6-3-11(4-7-12)5-8-13/h11H,2-7,9-10H2,1H3. The van der Waals surface area contributed by atoms with Crippen LogP contribution >= 0.6 is 0 Å². The molecule has 1 spiro atoms. The van der Waals surface area contributed by atoms with Gasteiger partial charge in [-0.2, -0.15) is 5.26 Å². The SMILES string of the molecule is CCN1CC2(CCC(CC#N)CC2)C1. The van der Waals surface area contributed by atoms with Gasteiger partial charge in [0, 0.05) is 19.5 Å². The van der Waals surface area contributed by atoms with Crippen LogP contribution in [0.25, 0.3) is 0 Å². The van der Waals surface area contributed by atoms with Crippen molar-refractivity contribution in [1.82, 2.24) is 4.90 Å². The highest BCUT2D eigenvalue weighted by Crippen LogP contribution is 2.45. The summed E-state index contributed by atoms with van der Waals surface area (Å²) in [6, 6.07) is 2.31. The fourth-order valence-electron chi connectivity index (χ4n) is 3.07. The maximum absolute atomic E-state index is 8.64. The lowest BCUT2D eigenvalue weighted by atomic mass is 9.65. The van der Waals surface area contributed by atoms with E-state index in [1.807, 2.05) is 0 Å². The first-order chi connectivity index (χ1) is 6.78. The molecule has 0 aromatic heterocycles. The normalized spacial score (nSPS) is 27.1. The number of nitrogens with zero attached hydrogens (tertiary/aromatic N) is 2. The minimum atomic E-state index is 0.669. The highest BCUT2D eigenvalue weighted by atomic mass is 15.2. The van der Waals surface area contributed by atoms with E-state index in [-0.39, 0.29) is 0 Å². The maximum Gasteiger partial charge on any atom is 0.0624 e. The first-order valence-corrected chi connectivity index (χ1v) is 5.87. The topological polar surface area (TPSA) is 27.0 Å². The summed E-state index contributed by atoms with van der Waals surface area (Å²) in [5, 5.41) is 8.64. The molecule has 1 aliphatic carbocycles. The molecule has 2 nitrogen and oxygen atoms in total. The minimum Gasteiger partial charge on any atom is -0.302 e. The fourth-order valence-corrected chi connectivity index (χ4v) is 3.07. The van der Waals surface area contributed by atoms with Gasteiger partial charge in [0.1, 0.15) is 0 Å². The Bertz CT molecular complexity index is 225. The van der Waals surface area contributed by atoms with Crippen molar-refractivity contribution in [3.05, 3.63) is 0 Å². The third-order valence-electron chi connectivity index (χ3n) is 4.11. The fraction of sp³-hybridized carbons (Fsp3) is 0.917. The van der Waals surface area contributed by atoms with Gasteiger partial charge in [0.2, 0.25) is 0 Å². The van der Waals surface area contributed by atoms with Crippen LogP contribution in [0.3, 0.4) is 0 Å². The van der Waals surface area contributed by atoms with E-state index in [0.29, 0.717) is 11.3 Å². The number of hydrogen-bond acceptors (Lipinski definition) is 2. The zero-order valence-electron chi connectivity index (χ0n) is 9.13. The Balaban J connectivity index is 1.77. The van der Waals surface area contributed by atoms with Crippen LogP contribution in [0.5, 0.6) is 0 Å². The Morgan fingerprint density at radius 2 is 2.00 bits per heavy atom. The summed E-state index contributed by atoms with van der Waals surface area (Å²) in [6.45, 7) is 6.10. The molecule has 1 saturated heterocycles. The first-order valence-electron chi connectivity index (χ1n) is 5.87. The van der Waals surface area contributed by atoms with E-state index < -0.39 is 0 Å². The Morgan fingerprint density at radius 1 is 1.36 bits per heavy atom. The van der Waals surface area contributed by atoms with Crippen molar-refractivity contribution in [3.63, 3.8) is 0 Å². The molecule has 2 heteroatoms. The van der Waals surface area contributed by atoms with Crippen molar-refractivity contribution in [2.45, 2.75) is 39.0 Å². The van der Waals surface area contributed by atoms with Gasteiger partial charge in [-0.25, -0.2) is 0 Å². The molecule has 14 heavy (non-hydrogen) atoms. The van der Waals surface area contributed by atoms with E-state index in [1.165, 1.54) is 45.3 Å². The Kier molecular flexibility index (Phi) is 2.78. The van der Waals surface area contributed by atoms with Crippen molar-refractivity contribution >= 4 is 0 Å². The van der Waals surface area contributed by atoms with Crippen molar-refractivity contribution in [2.75, 3.05) is 19.6 Å². The van der Waals surface area contributed by atoms with Crippen LogP contribution in [0.15, 0.2) is 0 Å². The molecule has 1 aliphatic heterocycles. The van der Waals surface area contributed by atoms with Crippen LogP contribution in [-0.4, -0.2) is 24.5 Å². The van der Waals surface area contributed by atoms with Crippen LogP contribution < -0.4 is 0 Å². The Labute approximate surface area is 86.9 Å². The highest BCUT2D eigenvalue weighted by molar-refractivity contribution is 4.98. The quantitative estimate of drug-likeness (QED) is 0.672. The summed E-state index contributed by atoms with van der Waals surface area (Å²) in [4.78, 5) is 2.53. The van der Waals surface area contributed by atoms with Crippen molar-refractivity contribution < 1.29 is 0 Å². The lowest BCUT2D eigenvalue weighted by Gasteiger charge is -2.53. The Hall–Kier alpha value is -0.550. The predicted molar refractivity (Wildman–Crippen MR) is 56.7 cm³/mol. The van der Waals surface area contributed by atoms with Crippen LogP contribution in [0.2, 0.25) is 0 Å². The van der Waals surface area contributed by atoms with Gasteiger partial charge in [-0.15, -0.1) is 0 Å². The number of nitriles is 1. The number of likely N-dealkylation sites (tertiary alicyclic amines) is 1. The highest BCUT2D eigenvalue weighted by Gasteiger charge is 2.43. The zero-order valence-corrected chi connectivity index (χ0v) is 9.13. The van der Waals surface area contributed by atoms with Crippen LogP contribution in [0.4, 0.5) is 0 Å². The summed E-state index contributed by atoms with van der Waals surface area (Å²) in [5.74, 6) is 0.710. The van der Waals surface area contributed by atoms with Crippen molar-refractivity contribution in [3.8, 4) is 6.07 Å². The molecule has 0 unspecified atom stereocenters. The summed E-state index contributed by atoms with van der Waals surface area (Å²) in [7, 11) is 0. The predicted octanol–water partition coefficient (Wildman–Crippen LogP) is 2.41. The molecule has 1 heterocycles. The molecule has 0 aromatic carbocycles. The smallest absolute Gasteiger partial charge is 0.0624 e. The molecular weight excluding hydrogens is 172 g/mol. The second-order valence-corrected chi connectivity index (χ2v) is 5.11. The van der Waals surface area contributed by atoms with Crippen molar-refractivity contribution in [1.29, 1.82) is 5.26 Å². The molecule has 0 radical (unpaired) electrons. The van der Waals surface area contributed by atoms with E-state index in [9.17, 15) is 0 Å². The largest absolute Gasteiger partial charge is 0.302 e. The summed E-state index contributed by atoms with van der Waals surface area (Å²) in [5.41, 5.74) is 0.669. The zero-order chi connectivity index (χ0) is 10.0. The van der Waals surface area contributed by atoms with E-state index in [4.69, 9.17) is 5.26 Å². The van der Waals surface area contributed by atoms with Crippen LogP contribution in [0, 0.1) is 22.7 Å². The van der Waals surface area contributed by atoms with Crippen LogP contribution in [0.1, 0.15) is 39.0 Å².